The molecule has 1 aliphatic heterocycles. The van der Waals surface area contributed by atoms with Gasteiger partial charge in [0.25, 0.3) is 0 Å². The summed E-state index contributed by atoms with van der Waals surface area (Å²) in [6, 6.07) is 8.27. The Bertz CT molecular complexity index is 430. The SMILES string of the molecule is CC1CCN(C(=O)CSCc2cccc(Br)c2)CC1. The zero-order valence-corrected chi connectivity index (χ0v) is 13.7. The summed E-state index contributed by atoms with van der Waals surface area (Å²) in [6.07, 6.45) is 2.31. The van der Waals surface area contributed by atoms with Gasteiger partial charge in [-0.3, -0.25) is 4.79 Å². The number of rotatable bonds is 4. The van der Waals surface area contributed by atoms with Crippen molar-refractivity contribution in [2.75, 3.05) is 18.8 Å². The Morgan fingerprint density at radius 1 is 1.42 bits per heavy atom. The first-order chi connectivity index (χ1) is 9.15. The number of hydrogen-bond acceptors (Lipinski definition) is 2. The van der Waals surface area contributed by atoms with Crippen LogP contribution in [0.25, 0.3) is 0 Å². The molecule has 19 heavy (non-hydrogen) atoms. The maximum Gasteiger partial charge on any atom is 0.232 e. The molecule has 1 amide bonds. The minimum Gasteiger partial charge on any atom is -0.342 e. The molecule has 104 valence electrons. The highest BCUT2D eigenvalue weighted by molar-refractivity contribution is 9.10. The highest BCUT2D eigenvalue weighted by atomic mass is 79.9. The van der Waals surface area contributed by atoms with E-state index in [1.54, 1.807) is 11.8 Å². The lowest BCUT2D eigenvalue weighted by atomic mass is 9.99. The van der Waals surface area contributed by atoms with Crippen LogP contribution in [0.5, 0.6) is 0 Å². The summed E-state index contributed by atoms with van der Waals surface area (Å²) in [7, 11) is 0. The number of likely N-dealkylation sites (tertiary alicyclic amines) is 1. The maximum atomic E-state index is 12.1. The van der Waals surface area contributed by atoms with Gasteiger partial charge in [0.1, 0.15) is 0 Å². The summed E-state index contributed by atoms with van der Waals surface area (Å²) in [4.78, 5) is 14.1. The number of amides is 1. The van der Waals surface area contributed by atoms with E-state index < -0.39 is 0 Å². The summed E-state index contributed by atoms with van der Waals surface area (Å²) in [5, 5.41) is 0. The largest absolute Gasteiger partial charge is 0.342 e. The van der Waals surface area contributed by atoms with Crippen LogP contribution in [-0.4, -0.2) is 29.6 Å². The summed E-state index contributed by atoms with van der Waals surface area (Å²) in [5.41, 5.74) is 1.26. The van der Waals surface area contributed by atoms with Gasteiger partial charge in [0.05, 0.1) is 5.75 Å². The van der Waals surface area contributed by atoms with E-state index in [0.717, 1.165) is 42.1 Å². The van der Waals surface area contributed by atoms with Crippen LogP contribution in [0.15, 0.2) is 28.7 Å². The molecule has 2 rings (SSSR count). The summed E-state index contributed by atoms with van der Waals surface area (Å²) in [5.74, 6) is 2.57. The molecule has 1 fully saturated rings. The zero-order valence-electron chi connectivity index (χ0n) is 11.3. The van der Waals surface area contributed by atoms with E-state index in [2.05, 4.69) is 35.0 Å². The Morgan fingerprint density at radius 2 is 2.16 bits per heavy atom. The van der Waals surface area contributed by atoms with Crippen LogP contribution in [0.2, 0.25) is 0 Å². The molecule has 0 spiro atoms. The fourth-order valence-corrected chi connectivity index (χ4v) is 3.55. The molecule has 0 saturated carbocycles. The van der Waals surface area contributed by atoms with Crippen LogP contribution in [0.4, 0.5) is 0 Å². The van der Waals surface area contributed by atoms with E-state index in [4.69, 9.17) is 0 Å². The minimum atomic E-state index is 0.298. The fraction of sp³-hybridized carbons (Fsp3) is 0.533. The molecule has 2 nitrogen and oxygen atoms in total. The number of halogens is 1. The van der Waals surface area contributed by atoms with E-state index in [-0.39, 0.29) is 0 Å². The Hall–Kier alpha value is -0.480. The standard InChI is InChI=1S/C15H20BrNOS/c1-12-5-7-17(8-6-12)15(18)11-19-10-13-3-2-4-14(16)9-13/h2-4,9,12H,5-8,10-11H2,1H3. The highest BCUT2D eigenvalue weighted by Gasteiger charge is 2.19. The van der Waals surface area contributed by atoms with Gasteiger partial charge in [0.15, 0.2) is 0 Å². The predicted molar refractivity (Wildman–Crippen MR) is 85.3 cm³/mol. The average Bonchev–Trinajstić information content (AvgIpc) is 2.39. The lowest BCUT2D eigenvalue weighted by molar-refractivity contribution is -0.129. The third kappa shape index (κ3) is 4.84. The van der Waals surface area contributed by atoms with Crippen LogP contribution in [-0.2, 0) is 10.5 Å². The first-order valence-electron chi connectivity index (χ1n) is 6.75. The van der Waals surface area contributed by atoms with Crippen molar-refractivity contribution in [3.8, 4) is 0 Å². The number of thioether (sulfide) groups is 1. The second-order valence-electron chi connectivity index (χ2n) is 5.19. The van der Waals surface area contributed by atoms with E-state index in [0.29, 0.717) is 11.7 Å². The molecule has 1 aromatic carbocycles. The van der Waals surface area contributed by atoms with Gasteiger partial charge in [0.2, 0.25) is 5.91 Å². The van der Waals surface area contributed by atoms with Crippen molar-refractivity contribution in [1.82, 2.24) is 4.90 Å². The van der Waals surface area contributed by atoms with Crippen molar-refractivity contribution >= 4 is 33.6 Å². The molecular formula is C15H20BrNOS. The van der Waals surface area contributed by atoms with Gasteiger partial charge in [0, 0.05) is 23.3 Å². The van der Waals surface area contributed by atoms with Crippen LogP contribution in [0.1, 0.15) is 25.3 Å². The lowest BCUT2D eigenvalue weighted by Gasteiger charge is -2.30. The third-order valence-electron chi connectivity index (χ3n) is 3.52. The molecule has 1 saturated heterocycles. The quantitative estimate of drug-likeness (QED) is 0.826. The molecule has 0 aromatic heterocycles. The zero-order chi connectivity index (χ0) is 13.7. The van der Waals surface area contributed by atoms with Crippen LogP contribution in [0.3, 0.4) is 0 Å². The van der Waals surface area contributed by atoms with Crippen molar-refractivity contribution in [3.63, 3.8) is 0 Å². The summed E-state index contributed by atoms with van der Waals surface area (Å²) >= 11 is 5.17. The van der Waals surface area contributed by atoms with E-state index in [9.17, 15) is 4.79 Å². The minimum absolute atomic E-state index is 0.298. The molecule has 0 radical (unpaired) electrons. The number of hydrogen-bond donors (Lipinski definition) is 0. The Morgan fingerprint density at radius 3 is 2.84 bits per heavy atom. The second-order valence-corrected chi connectivity index (χ2v) is 7.09. The van der Waals surface area contributed by atoms with Crippen molar-refractivity contribution in [1.29, 1.82) is 0 Å². The third-order valence-corrected chi connectivity index (χ3v) is 5.00. The van der Waals surface area contributed by atoms with Crippen molar-refractivity contribution in [2.45, 2.75) is 25.5 Å². The Kier molecular flexibility index (Phi) is 5.76. The monoisotopic (exact) mass is 341 g/mol. The van der Waals surface area contributed by atoms with Crippen LogP contribution < -0.4 is 0 Å². The first kappa shape index (κ1) is 14.9. The number of benzene rings is 1. The van der Waals surface area contributed by atoms with Gasteiger partial charge in [-0.05, 0) is 36.5 Å². The molecule has 1 aliphatic rings. The van der Waals surface area contributed by atoms with Crippen molar-refractivity contribution in [2.24, 2.45) is 5.92 Å². The molecule has 0 N–H and O–H groups in total. The van der Waals surface area contributed by atoms with E-state index in [1.807, 2.05) is 17.0 Å². The molecule has 0 aliphatic carbocycles. The Labute approximate surface area is 128 Å². The van der Waals surface area contributed by atoms with Gasteiger partial charge in [-0.25, -0.2) is 0 Å². The van der Waals surface area contributed by atoms with E-state index >= 15 is 0 Å². The van der Waals surface area contributed by atoms with Crippen molar-refractivity contribution in [3.05, 3.63) is 34.3 Å². The molecule has 0 atom stereocenters. The highest BCUT2D eigenvalue weighted by Crippen LogP contribution is 2.19. The average molecular weight is 342 g/mol. The van der Waals surface area contributed by atoms with Gasteiger partial charge in [-0.1, -0.05) is 35.0 Å². The Balaban J connectivity index is 1.72. The topological polar surface area (TPSA) is 20.3 Å². The van der Waals surface area contributed by atoms with E-state index in [1.165, 1.54) is 5.56 Å². The molecule has 0 unspecified atom stereocenters. The number of carbonyl (C=O) groups is 1. The molecule has 0 bridgehead atoms. The number of piperidine rings is 1. The number of nitrogens with zero attached hydrogens (tertiary/aromatic N) is 1. The number of carbonyl (C=O) groups excluding carboxylic acids is 1. The van der Waals surface area contributed by atoms with Gasteiger partial charge in [-0.15, -0.1) is 11.8 Å². The van der Waals surface area contributed by atoms with Crippen LogP contribution >= 0.6 is 27.7 Å². The molecule has 1 aromatic rings. The maximum absolute atomic E-state index is 12.1. The van der Waals surface area contributed by atoms with Gasteiger partial charge in [-0.2, -0.15) is 0 Å². The van der Waals surface area contributed by atoms with Gasteiger partial charge < -0.3 is 4.90 Å². The normalized spacial score (nSPS) is 16.6. The van der Waals surface area contributed by atoms with Crippen molar-refractivity contribution < 1.29 is 4.79 Å². The predicted octanol–water partition coefficient (Wildman–Crippen LogP) is 3.94. The summed E-state index contributed by atoms with van der Waals surface area (Å²) in [6.45, 7) is 4.15. The van der Waals surface area contributed by atoms with Gasteiger partial charge >= 0.3 is 0 Å². The second kappa shape index (κ2) is 7.34. The molecule has 1 heterocycles. The van der Waals surface area contributed by atoms with Crippen LogP contribution in [0, 0.1) is 5.92 Å². The summed E-state index contributed by atoms with van der Waals surface area (Å²) < 4.78 is 1.10. The smallest absolute Gasteiger partial charge is 0.232 e. The fourth-order valence-electron chi connectivity index (χ4n) is 2.23. The first-order valence-corrected chi connectivity index (χ1v) is 8.70. The molecular weight excluding hydrogens is 322 g/mol. The molecule has 4 heteroatoms. The lowest BCUT2D eigenvalue weighted by Crippen LogP contribution is -2.38.